The molecule has 1 fully saturated rings. The van der Waals surface area contributed by atoms with Crippen molar-refractivity contribution < 1.29 is 4.79 Å². The number of rotatable bonds is 2. The molecule has 0 N–H and O–H groups in total. The molecule has 0 saturated carbocycles. The molecular weight excluding hydrogens is 224 g/mol. The van der Waals surface area contributed by atoms with Gasteiger partial charge in [0.2, 0.25) is 0 Å². The quantitative estimate of drug-likeness (QED) is 0.794. The summed E-state index contributed by atoms with van der Waals surface area (Å²) in [4.78, 5) is 17.9. The van der Waals surface area contributed by atoms with Crippen LogP contribution in [0.4, 0.5) is 5.82 Å². The molecule has 16 heavy (non-hydrogen) atoms. The predicted molar refractivity (Wildman–Crippen MR) is 64.9 cm³/mol. The summed E-state index contributed by atoms with van der Waals surface area (Å²) in [5.41, 5.74) is 0. The highest BCUT2D eigenvalue weighted by molar-refractivity contribution is 6.33. The number of halogens is 1. The maximum Gasteiger partial charge on any atom is 0.152 e. The van der Waals surface area contributed by atoms with Gasteiger partial charge in [-0.25, -0.2) is 4.98 Å². The molecular formula is C12H15ClN2O. The Hall–Kier alpha value is -1.09. The number of hydrogen-bond donors (Lipinski definition) is 0. The van der Waals surface area contributed by atoms with E-state index in [2.05, 4.69) is 4.98 Å². The van der Waals surface area contributed by atoms with Crippen LogP contribution in [0.5, 0.6) is 0 Å². The third kappa shape index (κ3) is 2.19. The fourth-order valence-electron chi connectivity index (χ4n) is 2.20. The maximum absolute atomic E-state index is 11.6. The molecule has 0 spiro atoms. The third-order valence-corrected chi connectivity index (χ3v) is 3.28. The van der Waals surface area contributed by atoms with Gasteiger partial charge >= 0.3 is 0 Å². The largest absolute Gasteiger partial charge is 0.345 e. The lowest BCUT2D eigenvalue weighted by Crippen LogP contribution is -2.44. The van der Waals surface area contributed by atoms with Gasteiger partial charge in [-0.1, -0.05) is 11.6 Å². The average molecular weight is 239 g/mol. The Bertz CT molecular complexity index is 394. The van der Waals surface area contributed by atoms with Crippen molar-refractivity contribution in [3.05, 3.63) is 23.4 Å². The number of aromatic nitrogens is 1. The number of carbonyl (C=O) groups excluding carboxylic acids is 1. The second-order valence-electron chi connectivity index (χ2n) is 4.12. The fourth-order valence-corrected chi connectivity index (χ4v) is 2.43. The van der Waals surface area contributed by atoms with Crippen LogP contribution in [0.25, 0.3) is 0 Å². The van der Waals surface area contributed by atoms with Crippen molar-refractivity contribution in [3.63, 3.8) is 0 Å². The minimum Gasteiger partial charge on any atom is -0.345 e. The first-order valence-corrected chi connectivity index (χ1v) is 5.95. The standard InChI is InChI=1S/C12H15ClN2O/c1-9(16)11-6-2-3-8-15(11)12-10(13)5-4-7-14-12/h4-5,7,11H,2-3,6,8H2,1H3. The Balaban J connectivity index is 2.30. The molecule has 1 unspecified atom stereocenters. The van der Waals surface area contributed by atoms with Crippen LogP contribution in [0.2, 0.25) is 5.02 Å². The first kappa shape index (κ1) is 11.4. The number of carbonyl (C=O) groups is 1. The Morgan fingerprint density at radius 1 is 1.56 bits per heavy atom. The summed E-state index contributed by atoms with van der Waals surface area (Å²) < 4.78 is 0. The van der Waals surface area contributed by atoms with Crippen molar-refractivity contribution in [2.45, 2.75) is 32.2 Å². The van der Waals surface area contributed by atoms with Gasteiger partial charge < -0.3 is 4.90 Å². The van der Waals surface area contributed by atoms with Crippen LogP contribution >= 0.6 is 11.6 Å². The first-order valence-electron chi connectivity index (χ1n) is 5.58. The smallest absolute Gasteiger partial charge is 0.152 e. The zero-order valence-corrected chi connectivity index (χ0v) is 10.1. The molecule has 1 aromatic heterocycles. The van der Waals surface area contributed by atoms with Gasteiger partial charge in [0.25, 0.3) is 0 Å². The second-order valence-corrected chi connectivity index (χ2v) is 4.53. The van der Waals surface area contributed by atoms with E-state index in [1.807, 2.05) is 11.0 Å². The van der Waals surface area contributed by atoms with Gasteiger partial charge in [0.05, 0.1) is 11.1 Å². The van der Waals surface area contributed by atoms with Crippen LogP contribution in [0.3, 0.4) is 0 Å². The normalized spacial score (nSPS) is 20.9. The summed E-state index contributed by atoms with van der Waals surface area (Å²) in [5.74, 6) is 0.936. The summed E-state index contributed by atoms with van der Waals surface area (Å²) in [6, 6.07) is 3.56. The van der Waals surface area contributed by atoms with E-state index in [0.29, 0.717) is 5.02 Å². The van der Waals surface area contributed by atoms with E-state index >= 15 is 0 Å². The highest BCUT2D eigenvalue weighted by Crippen LogP contribution is 2.29. The van der Waals surface area contributed by atoms with E-state index < -0.39 is 0 Å². The molecule has 4 heteroatoms. The van der Waals surface area contributed by atoms with Crippen LogP contribution < -0.4 is 4.90 Å². The molecule has 2 rings (SSSR count). The molecule has 3 nitrogen and oxygen atoms in total. The van der Waals surface area contributed by atoms with Gasteiger partial charge in [-0.3, -0.25) is 4.79 Å². The molecule has 0 radical (unpaired) electrons. The Morgan fingerprint density at radius 2 is 2.38 bits per heavy atom. The van der Waals surface area contributed by atoms with E-state index in [1.54, 1.807) is 19.2 Å². The molecule has 0 aromatic carbocycles. The Kier molecular flexibility index (Phi) is 3.44. The lowest BCUT2D eigenvalue weighted by atomic mass is 9.99. The molecule has 1 saturated heterocycles. The van der Waals surface area contributed by atoms with E-state index in [9.17, 15) is 4.79 Å². The maximum atomic E-state index is 11.6. The average Bonchev–Trinajstić information content (AvgIpc) is 2.29. The van der Waals surface area contributed by atoms with E-state index in [4.69, 9.17) is 11.6 Å². The van der Waals surface area contributed by atoms with Crippen LogP contribution in [0.1, 0.15) is 26.2 Å². The third-order valence-electron chi connectivity index (χ3n) is 2.98. The van der Waals surface area contributed by atoms with Crippen molar-refractivity contribution in [1.82, 2.24) is 4.98 Å². The molecule has 0 aliphatic carbocycles. The molecule has 1 aliphatic rings. The number of Topliss-reactive ketones (excluding diaryl/α,β-unsaturated/α-hetero) is 1. The zero-order chi connectivity index (χ0) is 11.5. The molecule has 1 aliphatic heterocycles. The molecule has 2 heterocycles. The number of piperidine rings is 1. The zero-order valence-electron chi connectivity index (χ0n) is 9.32. The van der Waals surface area contributed by atoms with Crippen LogP contribution in [-0.4, -0.2) is 23.4 Å². The van der Waals surface area contributed by atoms with Crippen LogP contribution in [-0.2, 0) is 4.79 Å². The van der Waals surface area contributed by atoms with Gasteiger partial charge in [0.15, 0.2) is 5.78 Å². The van der Waals surface area contributed by atoms with Crippen molar-refractivity contribution >= 4 is 23.2 Å². The van der Waals surface area contributed by atoms with Crippen molar-refractivity contribution in [2.24, 2.45) is 0 Å². The Labute approximate surface area is 100 Å². The van der Waals surface area contributed by atoms with E-state index in [-0.39, 0.29) is 11.8 Å². The fraction of sp³-hybridized carbons (Fsp3) is 0.500. The molecule has 86 valence electrons. The molecule has 1 atom stereocenters. The summed E-state index contributed by atoms with van der Waals surface area (Å²) in [7, 11) is 0. The highest BCUT2D eigenvalue weighted by Gasteiger charge is 2.28. The predicted octanol–water partition coefficient (Wildman–Crippen LogP) is 2.68. The second kappa shape index (κ2) is 4.83. The Morgan fingerprint density at radius 3 is 3.06 bits per heavy atom. The minimum absolute atomic E-state index is 0.0545. The van der Waals surface area contributed by atoms with Gasteiger partial charge in [-0.15, -0.1) is 0 Å². The lowest BCUT2D eigenvalue weighted by molar-refractivity contribution is -0.118. The summed E-state index contributed by atoms with van der Waals surface area (Å²) in [6.07, 6.45) is 4.82. The SMILES string of the molecule is CC(=O)C1CCCCN1c1ncccc1Cl. The highest BCUT2D eigenvalue weighted by atomic mass is 35.5. The van der Waals surface area contributed by atoms with E-state index in [0.717, 1.165) is 31.6 Å². The lowest BCUT2D eigenvalue weighted by Gasteiger charge is -2.35. The monoisotopic (exact) mass is 238 g/mol. The van der Waals surface area contributed by atoms with Crippen molar-refractivity contribution in [1.29, 1.82) is 0 Å². The number of nitrogens with zero attached hydrogens (tertiary/aromatic N) is 2. The topological polar surface area (TPSA) is 33.2 Å². The van der Waals surface area contributed by atoms with Crippen molar-refractivity contribution in [3.8, 4) is 0 Å². The van der Waals surface area contributed by atoms with Crippen molar-refractivity contribution in [2.75, 3.05) is 11.4 Å². The molecule has 0 bridgehead atoms. The minimum atomic E-state index is -0.0545. The van der Waals surface area contributed by atoms with Gasteiger partial charge in [0, 0.05) is 12.7 Å². The van der Waals surface area contributed by atoms with Gasteiger partial charge in [-0.2, -0.15) is 0 Å². The van der Waals surface area contributed by atoms with Crippen LogP contribution in [0, 0.1) is 0 Å². The van der Waals surface area contributed by atoms with Gasteiger partial charge in [-0.05, 0) is 38.3 Å². The van der Waals surface area contributed by atoms with E-state index in [1.165, 1.54) is 0 Å². The number of ketones is 1. The van der Waals surface area contributed by atoms with Gasteiger partial charge in [0.1, 0.15) is 5.82 Å². The molecule has 0 amide bonds. The molecule has 1 aromatic rings. The first-order chi connectivity index (χ1) is 7.70. The number of hydrogen-bond acceptors (Lipinski definition) is 3. The number of pyridine rings is 1. The summed E-state index contributed by atoms with van der Waals surface area (Å²) in [6.45, 7) is 2.50. The van der Waals surface area contributed by atoms with Crippen LogP contribution in [0.15, 0.2) is 18.3 Å². The summed E-state index contributed by atoms with van der Waals surface area (Å²) >= 11 is 6.11. The summed E-state index contributed by atoms with van der Waals surface area (Å²) in [5, 5.41) is 0.621. The number of anilines is 1.